The molecule has 1 atom stereocenters. The maximum Gasteiger partial charge on any atom is 0.418 e. The fraction of sp³-hybridized carbons (Fsp3) is 0.188. The van der Waals surface area contributed by atoms with Gasteiger partial charge in [-0.3, -0.25) is 9.59 Å². The van der Waals surface area contributed by atoms with E-state index in [1.165, 1.54) is 24.5 Å². The lowest BCUT2D eigenvalue weighted by Gasteiger charge is -2.14. The highest BCUT2D eigenvalue weighted by molar-refractivity contribution is 8.15. The smallest absolute Gasteiger partial charge is 0.325 e. The zero-order valence-electron chi connectivity index (χ0n) is 13.5. The Labute approximate surface area is 155 Å². The maximum atomic E-state index is 13.0. The molecule has 7 nitrogen and oxygen atoms in total. The maximum absolute atomic E-state index is 13.0. The highest BCUT2D eigenvalue weighted by Gasteiger charge is 2.35. The number of thioether (sulfide) groups is 1. The molecule has 1 aromatic carbocycles. The molecule has 2 N–H and O–H groups in total. The van der Waals surface area contributed by atoms with Crippen molar-refractivity contribution in [3.8, 4) is 0 Å². The van der Waals surface area contributed by atoms with Crippen molar-refractivity contribution in [1.29, 1.82) is 0 Å². The van der Waals surface area contributed by atoms with Crippen molar-refractivity contribution in [3.63, 3.8) is 0 Å². The van der Waals surface area contributed by atoms with Gasteiger partial charge in [0, 0.05) is 18.8 Å². The standard InChI is InChI=1S/C16H12F3N5O2S/c17-16(18,19)9-4-1-2-5-10(9)22-12(25)8-11-13(26)23-15(27-11)24-14-20-6-3-7-21-14/h1-7,11H,8H2,(H,22,25)(H,20,21,23,24,26). The van der Waals surface area contributed by atoms with Crippen LogP contribution in [-0.4, -0.2) is 32.2 Å². The molecule has 1 aromatic heterocycles. The van der Waals surface area contributed by atoms with E-state index >= 15 is 0 Å². The Bertz CT molecular complexity index is 889. The van der Waals surface area contributed by atoms with Gasteiger partial charge in [0.15, 0.2) is 5.17 Å². The SMILES string of the molecule is O=C(CC1S/C(=N\c2ncccn2)NC1=O)Nc1ccccc1C(F)(F)F. The van der Waals surface area contributed by atoms with E-state index < -0.39 is 28.8 Å². The second-order valence-corrected chi connectivity index (χ2v) is 6.55. The van der Waals surface area contributed by atoms with Crippen molar-refractivity contribution in [2.24, 2.45) is 4.99 Å². The molecule has 0 spiro atoms. The summed E-state index contributed by atoms with van der Waals surface area (Å²) in [5.41, 5.74) is -1.31. The molecule has 27 heavy (non-hydrogen) atoms. The number of nitrogens with zero attached hydrogens (tertiary/aromatic N) is 3. The van der Waals surface area contributed by atoms with Crippen LogP contribution in [0, 0.1) is 0 Å². The Balaban J connectivity index is 1.65. The molecular weight excluding hydrogens is 383 g/mol. The van der Waals surface area contributed by atoms with Gasteiger partial charge in [-0.05, 0) is 18.2 Å². The van der Waals surface area contributed by atoms with Crippen LogP contribution in [0.2, 0.25) is 0 Å². The van der Waals surface area contributed by atoms with Crippen molar-refractivity contribution >= 4 is 40.4 Å². The van der Waals surface area contributed by atoms with Crippen molar-refractivity contribution in [2.45, 2.75) is 17.8 Å². The molecule has 1 aliphatic rings. The third-order valence-corrected chi connectivity index (χ3v) is 4.49. The van der Waals surface area contributed by atoms with Crippen LogP contribution < -0.4 is 10.6 Å². The topological polar surface area (TPSA) is 96.3 Å². The number of amides is 2. The van der Waals surface area contributed by atoms with Gasteiger partial charge in [-0.15, -0.1) is 0 Å². The van der Waals surface area contributed by atoms with E-state index in [0.29, 0.717) is 0 Å². The van der Waals surface area contributed by atoms with Crippen molar-refractivity contribution in [3.05, 3.63) is 48.3 Å². The van der Waals surface area contributed by atoms with Crippen LogP contribution in [0.3, 0.4) is 0 Å². The largest absolute Gasteiger partial charge is 0.418 e. The summed E-state index contributed by atoms with van der Waals surface area (Å²) in [4.78, 5) is 35.9. The molecule has 3 rings (SSSR count). The number of para-hydroxylation sites is 1. The highest BCUT2D eigenvalue weighted by atomic mass is 32.2. The van der Waals surface area contributed by atoms with Gasteiger partial charge in [-0.25, -0.2) is 9.97 Å². The molecule has 0 bridgehead atoms. The van der Waals surface area contributed by atoms with E-state index in [-0.39, 0.29) is 23.2 Å². The number of carbonyl (C=O) groups excluding carboxylic acids is 2. The predicted molar refractivity (Wildman–Crippen MR) is 93.3 cm³/mol. The summed E-state index contributed by atoms with van der Waals surface area (Å²) in [7, 11) is 0. The number of hydrogen-bond donors (Lipinski definition) is 2. The first-order valence-electron chi connectivity index (χ1n) is 7.62. The quantitative estimate of drug-likeness (QED) is 0.830. The number of carbonyl (C=O) groups is 2. The van der Waals surface area contributed by atoms with Crippen LogP contribution in [0.1, 0.15) is 12.0 Å². The number of amidine groups is 1. The van der Waals surface area contributed by atoms with Crippen LogP contribution in [0.4, 0.5) is 24.8 Å². The van der Waals surface area contributed by atoms with Gasteiger partial charge >= 0.3 is 6.18 Å². The van der Waals surface area contributed by atoms with Crippen molar-refractivity contribution < 1.29 is 22.8 Å². The summed E-state index contributed by atoms with van der Waals surface area (Å²) in [5, 5.41) is 4.11. The first-order valence-corrected chi connectivity index (χ1v) is 8.50. The molecule has 0 radical (unpaired) electrons. The lowest BCUT2D eigenvalue weighted by molar-refractivity contribution is -0.137. The fourth-order valence-corrected chi connectivity index (χ4v) is 3.21. The van der Waals surface area contributed by atoms with E-state index in [2.05, 4.69) is 25.6 Å². The molecule has 1 fully saturated rings. The first kappa shape index (κ1) is 18.8. The number of benzene rings is 1. The van der Waals surface area contributed by atoms with Gasteiger partial charge in [0.05, 0.1) is 11.3 Å². The van der Waals surface area contributed by atoms with E-state index in [9.17, 15) is 22.8 Å². The molecule has 11 heteroatoms. The molecule has 2 aromatic rings. The first-order chi connectivity index (χ1) is 12.8. The predicted octanol–water partition coefficient (Wildman–Crippen LogP) is 2.74. The Kier molecular flexibility index (Phi) is 5.40. The molecule has 2 amide bonds. The number of anilines is 1. The third-order valence-electron chi connectivity index (χ3n) is 3.41. The summed E-state index contributed by atoms with van der Waals surface area (Å²) in [6.45, 7) is 0. The van der Waals surface area contributed by atoms with Gasteiger partial charge in [0.2, 0.25) is 11.8 Å². The molecule has 0 saturated carbocycles. The van der Waals surface area contributed by atoms with Gasteiger partial charge in [0.25, 0.3) is 5.95 Å². The Morgan fingerprint density at radius 2 is 1.93 bits per heavy atom. The zero-order valence-corrected chi connectivity index (χ0v) is 14.3. The van der Waals surface area contributed by atoms with Crippen LogP contribution in [0.25, 0.3) is 0 Å². The van der Waals surface area contributed by atoms with Gasteiger partial charge in [-0.2, -0.15) is 18.2 Å². The minimum absolute atomic E-state index is 0.143. The lowest BCUT2D eigenvalue weighted by atomic mass is 10.1. The van der Waals surface area contributed by atoms with Gasteiger partial charge < -0.3 is 10.6 Å². The van der Waals surface area contributed by atoms with E-state index in [1.807, 2.05) is 0 Å². The minimum atomic E-state index is -4.60. The molecule has 1 unspecified atom stereocenters. The highest BCUT2D eigenvalue weighted by Crippen LogP contribution is 2.34. The second kappa shape index (κ2) is 7.74. The van der Waals surface area contributed by atoms with Crippen LogP contribution in [0.15, 0.2) is 47.7 Å². The van der Waals surface area contributed by atoms with Crippen molar-refractivity contribution in [1.82, 2.24) is 15.3 Å². The monoisotopic (exact) mass is 395 g/mol. The third kappa shape index (κ3) is 4.82. The van der Waals surface area contributed by atoms with Gasteiger partial charge in [-0.1, -0.05) is 23.9 Å². The second-order valence-electron chi connectivity index (χ2n) is 5.36. The van der Waals surface area contributed by atoms with Gasteiger partial charge in [0.1, 0.15) is 5.25 Å². The van der Waals surface area contributed by atoms with Crippen molar-refractivity contribution in [2.75, 3.05) is 5.32 Å². The van der Waals surface area contributed by atoms with Crippen LogP contribution >= 0.6 is 11.8 Å². The number of aliphatic imine (C=N–C) groups is 1. The van der Waals surface area contributed by atoms with Crippen LogP contribution in [0.5, 0.6) is 0 Å². The molecule has 2 heterocycles. The Hall–Kier alpha value is -2.95. The molecular formula is C16H12F3N5O2S. The fourth-order valence-electron chi connectivity index (χ4n) is 2.24. The number of alkyl halides is 3. The lowest BCUT2D eigenvalue weighted by Crippen LogP contribution is -2.28. The van der Waals surface area contributed by atoms with E-state index in [4.69, 9.17) is 0 Å². The van der Waals surface area contributed by atoms with E-state index in [1.54, 1.807) is 6.07 Å². The summed E-state index contributed by atoms with van der Waals surface area (Å²) in [6, 6.07) is 6.25. The number of halogens is 3. The molecule has 1 aliphatic heterocycles. The average molecular weight is 395 g/mol. The minimum Gasteiger partial charge on any atom is -0.325 e. The number of hydrogen-bond acceptors (Lipinski definition) is 6. The number of aromatic nitrogens is 2. The number of rotatable bonds is 4. The molecule has 140 valence electrons. The normalized spacial score (nSPS) is 18.4. The zero-order chi connectivity index (χ0) is 19.4. The summed E-state index contributed by atoms with van der Waals surface area (Å²) >= 11 is 0.989. The Morgan fingerprint density at radius 3 is 2.63 bits per heavy atom. The Morgan fingerprint density at radius 1 is 1.22 bits per heavy atom. The summed E-state index contributed by atoms with van der Waals surface area (Å²) in [5.74, 6) is -1.03. The summed E-state index contributed by atoms with van der Waals surface area (Å²) in [6.07, 6.45) is -1.94. The average Bonchev–Trinajstić information content (AvgIpc) is 2.94. The number of nitrogens with one attached hydrogen (secondary N) is 2. The summed E-state index contributed by atoms with van der Waals surface area (Å²) < 4.78 is 38.9. The van der Waals surface area contributed by atoms with E-state index in [0.717, 1.165) is 23.9 Å². The molecule has 0 aliphatic carbocycles. The van der Waals surface area contributed by atoms with Crippen LogP contribution in [-0.2, 0) is 15.8 Å². The molecule has 1 saturated heterocycles.